The standard InChI is InChI=1S/C14H17NO2/c1-14(17)8-15(9-14)13(16)12-7-11(12)10-5-3-2-4-6-10/h2-6,11-12,17H,7-9H2,1H3. The Morgan fingerprint density at radius 3 is 2.59 bits per heavy atom. The molecule has 1 saturated heterocycles. The lowest BCUT2D eigenvalue weighted by Gasteiger charge is -2.44. The van der Waals surface area contributed by atoms with Crippen LogP contribution in [0.2, 0.25) is 0 Å². The Morgan fingerprint density at radius 2 is 2.00 bits per heavy atom. The largest absolute Gasteiger partial charge is 0.386 e. The number of amides is 1. The van der Waals surface area contributed by atoms with Crippen LogP contribution in [-0.4, -0.2) is 34.6 Å². The molecule has 1 amide bonds. The fourth-order valence-corrected chi connectivity index (χ4v) is 2.70. The summed E-state index contributed by atoms with van der Waals surface area (Å²) in [7, 11) is 0. The lowest BCUT2D eigenvalue weighted by molar-refractivity contribution is -0.153. The molecule has 2 unspecified atom stereocenters. The molecule has 2 aliphatic rings. The topological polar surface area (TPSA) is 40.5 Å². The van der Waals surface area contributed by atoms with Crippen molar-refractivity contribution < 1.29 is 9.90 Å². The summed E-state index contributed by atoms with van der Waals surface area (Å²) < 4.78 is 0. The molecule has 2 fully saturated rings. The maximum atomic E-state index is 12.1. The molecule has 1 saturated carbocycles. The van der Waals surface area contributed by atoms with Crippen LogP contribution in [0.5, 0.6) is 0 Å². The number of carbonyl (C=O) groups excluding carboxylic acids is 1. The second-order valence-corrected chi connectivity index (χ2v) is 5.55. The molecule has 1 aliphatic heterocycles. The number of hydrogen-bond donors (Lipinski definition) is 1. The van der Waals surface area contributed by atoms with Crippen LogP contribution in [0.25, 0.3) is 0 Å². The van der Waals surface area contributed by atoms with E-state index >= 15 is 0 Å². The second kappa shape index (κ2) is 3.57. The molecular formula is C14H17NO2. The van der Waals surface area contributed by atoms with Gasteiger partial charge in [-0.05, 0) is 24.8 Å². The van der Waals surface area contributed by atoms with Gasteiger partial charge < -0.3 is 10.0 Å². The third kappa shape index (κ3) is 1.95. The van der Waals surface area contributed by atoms with Crippen molar-refractivity contribution in [3.8, 4) is 0 Å². The molecule has 1 N–H and O–H groups in total. The summed E-state index contributed by atoms with van der Waals surface area (Å²) in [5.41, 5.74) is 0.602. The van der Waals surface area contributed by atoms with Crippen LogP contribution in [0.4, 0.5) is 0 Å². The number of likely N-dealkylation sites (tertiary alicyclic amines) is 1. The van der Waals surface area contributed by atoms with Crippen molar-refractivity contribution in [2.75, 3.05) is 13.1 Å². The number of aliphatic hydroxyl groups is 1. The quantitative estimate of drug-likeness (QED) is 0.835. The Labute approximate surface area is 101 Å². The highest BCUT2D eigenvalue weighted by atomic mass is 16.3. The number of carbonyl (C=O) groups is 1. The van der Waals surface area contributed by atoms with E-state index in [9.17, 15) is 9.90 Å². The summed E-state index contributed by atoms with van der Waals surface area (Å²) in [5, 5.41) is 9.62. The average Bonchev–Trinajstić information content (AvgIpc) is 3.06. The first-order chi connectivity index (χ1) is 8.07. The minimum Gasteiger partial charge on any atom is -0.386 e. The first-order valence-corrected chi connectivity index (χ1v) is 6.13. The number of benzene rings is 1. The Kier molecular flexibility index (Phi) is 2.26. The molecule has 1 heterocycles. The molecule has 17 heavy (non-hydrogen) atoms. The van der Waals surface area contributed by atoms with Gasteiger partial charge in [0, 0.05) is 5.92 Å². The van der Waals surface area contributed by atoms with Gasteiger partial charge in [0.2, 0.25) is 5.91 Å². The summed E-state index contributed by atoms with van der Waals surface area (Å²) in [6.07, 6.45) is 0.960. The molecule has 3 heteroatoms. The van der Waals surface area contributed by atoms with E-state index in [0.29, 0.717) is 19.0 Å². The van der Waals surface area contributed by atoms with Gasteiger partial charge in [0.05, 0.1) is 18.7 Å². The summed E-state index contributed by atoms with van der Waals surface area (Å²) in [5.74, 6) is 0.758. The fraction of sp³-hybridized carbons (Fsp3) is 0.500. The molecule has 1 aromatic rings. The van der Waals surface area contributed by atoms with Crippen LogP contribution in [0.15, 0.2) is 30.3 Å². The molecule has 1 aliphatic carbocycles. The van der Waals surface area contributed by atoms with Crippen molar-refractivity contribution in [3.05, 3.63) is 35.9 Å². The van der Waals surface area contributed by atoms with Gasteiger partial charge in [-0.15, -0.1) is 0 Å². The van der Waals surface area contributed by atoms with Gasteiger partial charge in [0.1, 0.15) is 0 Å². The van der Waals surface area contributed by atoms with Crippen LogP contribution in [0.1, 0.15) is 24.8 Å². The van der Waals surface area contributed by atoms with Gasteiger partial charge in [-0.2, -0.15) is 0 Å². The number of rotatable bonds is 2. The van der Waals surface area contributed by atoms with E-state index in [0.717, 1.165) is 6.42 Å². The molecule has 1 aromatic carbocycles. The molecule has 3 nitrogen and oxygen atoms in total. The normalized spacial score (nSPS) is 29.6. The summed E-state index contributed by atoms with van der Waals surface area (Å²) in [4.78, 5) is 13.8. The van der Waals surface area contributed by atoms with Crippen molar-refractivity contribution in [3.63, 3.8) is 0 Å². The molecule has 0 radical (unpaired) electrons. The lowest BCUT2D eigenvalue weighted by Crippen LogP contribution is -2.62. The maximum Gasteiger partial charge on any atom is 0.226 e. The van der Waals surface area contributed by atoms with Crippen molar-refractivity contribution in [2.45, 2.75) is 24.9 Å². The monoisotopic (exact) mass is 231 g/mol. The van der Waals surface area contributed by atoms with E-state index in [2.05, 4.69) is 12.1 Å². The van der Waals surface area contributed by atoms with Crippen molar-refractivity contribution in [1.29, 1.82) is 0 Å². The third-order valence-corrected chi connectivity index (χ3v) is 3.71. The van der Waals surface area contributed by atoms with Crippen molar-refractivity contribution in [1.82, 2.24) is 4.90 Å². The minimum absolute atomic E-state index is 0.147. The molecule has 90 valence electrons. The van der Waals surface area contributed by atoms with Gasteiger partial charge in [-0.25, -0.2) is 0 Å². The molecule has 0 spiro atoms. The highest BCUT2D eigenvalue weighted by Gasteiger charge is 2.50. The van der Waals surface area contributed by atoms with E-state index in [1.54, 1.807) is 11.8 Å². The Balaban J connectivity index is 1.61. The first-order valence-electron chi connectivity index (χ1n) is 6.13. The summed E-state index contributed by atoms with van der Waals surface area (Å²) >= 11 is 0. The van der Waals surface area contributed by atoms with Crippen LogP contribution in [-0.2, 0) is 4.79 Å². The predicted molar refractivity (Wildman–Crippen MR) is 64.5 cm³/mol. The zero-order valence-electron chi connectivity index (χ0n) is 9.97. The van der Waals surface area contributed by atoms with E-state index < -0.39 is 5.60 Å². The number of β-amino-alcohol motifs (C(OH)–C–C–N with tert-alkyl or cyclic N) is 1. The van der Waals surface area contributed by atoms with Crippen LogP contribution >= 0.6 is 0 Å². The van der Waals surface area contributed by atoms with Crippen LogP contribution < -0.4 is 0 Å². The van der Waals surface area contributed by atoms with Gasteiger partial charge in [-0.1, -0.05) is 30.3 Å². The lowest BCUT2D eigenvalue weighted by atomic mass is 9.96. The zero-order chi connectivity index (χ0) is 12.0. The van der Waals surface area contributed by atoms with Gasteiger partial charge in [0.25, 0.3) is 0 Å². The maximum absolute atomic E-state index is 12.1. The van der Waals surface area contributed by atoms with Crippen LogP contribution in [0, 0.1) is 5.92 Å². The Hall–Kier alpha value is -1.35. The average molecular weight is 231 g/mol. The highest BCUT2D eigenvalue weighted by molar-refractivity contribution is 5.84. The number of hydrogen-bond acceptors (Lipinski definition) is 2. The smallest absolute Gasteiger partial charge is 0.226 e. The number of nitrogens with zero attached hydrogens (tertiary/aromatic N) is 1. The van der Waals surface area contributed by atoms with Gasteiger partial charge in [0.15, 0.2) is 0 Å². The van der Waals surface area contributed by atoms with E-state index in [1.807, 2.05) is 18.2 Å². The van der Waals surface area contributed by atoms with Gasteiger partial charge in [-0.3, -0.25) is 4.79 Å². The highest BCUT2D eigenvalue weighted by Crippen LogP contribution is 2.49. The van der Waals surface area contributed by atoms with E-state index in [-0.39, 0.29) is 11.8 Å². The van der Waals surface area contributed by atoms with Gasteiger partial charge >= 0.3 is 0 Å². The predicted octanol–water partition coefficient (Wildman–Crippen LogP) is 1.38. The van der Waals surface area contributed by atoms with E-state index in [4.69, 9.17) is 0 Å². The fourth-order valence-electron chi connectivity index (χ4n) is 2.70. The molecule has 2 atom stereocenters. The Bertz CT molecular complexity index is 433. The first kappa shape index (κ1) is 10.8. The van der Waals surface area contributed by atoms with Crippen molar-refractivity contribution in [2.24, 2.45) is 5.92 Å². The molecular weight excluding hydrogens is 214 g/mol. The minimum atomic E-state index is -0.660. The zero-order valence-corrected chi connectivity index (χ0v) is 9.97. The SMILES string of the molecule is CC1(O)CN(C(=O)C2CC2c2ccccc2)C1. The Morgan fingerprint density at radius 1 is 1.35 bits per heavy atom. The van der Waals surface area contributed by atoms with E-state index in [1.165, 1.54) is 5.56 Å². The summed E-state index contributed by atoms with van der Waals surface area (Å²) in [6, 6.07) is 10.2. The molecule has 0 bridgehead atoms. The molecule has 3 rings (SSSR count). The summed E-state index contributed by atoms with van der Waals surface area (Å²) in [6.45, 7) is 2.76. The molecule has 0 aromatic heterocycles. The van der Waals surface area contributed by atoms with Crippen molar-refractivity contribution >= 4 is 5.91 Å². The third-order valence-electron chi connectivity index (χ3n) is 3.71. The van der Waals surface area contributed by atoms with Crippen LogP contribution in [0.3, 0.4) is 0 Å². The second-order valence-electron chi connectivity index (χ2n) is 5.55.